The zero-order valence-electron chi connectivity index (χ0n) is 11.2. The molecule has 1 saturated carbocycles. The molecule has 0 spiro atoms. The van der Waals surface area contributed by atoms with Gasteiger partial charge in [-0.25, -0.2) is 0 Å². The summed E-state index contributed by atoms with van der Waals surface area (Å²) in [4.78, 5) is 0. The Morgan fingerprint density at radius 3 is 2.90 bits per heavy atom. The molecule has 1 heterocycles. The number of hydrogen-bond donors (Lipinski definition) is 3. The standard InChI is InChI=1S/C15H19ClN2O2/c16-11-1-4-14-10(6-17-12-2-3-12)7-18(15(14)5-11)8-13(20)9-19/h1,4-5,7,12-13,17,19-20H,2-3,6,8-9H2. The summed E-state index contributed by atoms with van der Waals surface area (Å²) in [6, 6.07) is 6.46. The summed E-state index contributed by atoms with van der Waals surface area (Å²) in [7, 11) is 0. The molecule has 0 amide bonds. The van der Waals surface area contributed by atoms with Crippen molar-refractivity contribution in [2.24, 2.45) is 0 Å². The fraction of sp³-hybridized carbons (Fsp3) is 0.467. The zero-order valence-corrected chi connectivity index (χ0v) is 12.0. The van der Waals surface area contributed by atoms with Gasteiger partial charge in [-0.2, -0.15) is 0 Å². The van der Waals surface area contributed by atoms with Crippen LogP contribution in [0.2, 0.25) is 5.02 Å². The summed E-state index contributed by atoms with van der Waals surface area (Å²) in [6.07, 6.45) is 3.80. The van der Waals surface area contributed by atoms with Crippen LogP contribution < -0.4 is 5.32 Å². The van der Waals surface area contributed by atoms with E-state index in [0.717, 1.165) is 17.4 Å². The van der Waals surface area contributed by atoms with Crippen molar-refractivity contribution in [3.8, 4) is 0 Å². The maximum atomic E-state index is 9.66. The van der Waals surface area contributed by atoms with Crippen molar-refractivity contribution in [2.45, 2.75) is 38.1 Å². The minimum Gasteiger partial charge on any atom is -0.394 e. The smallest absolute Gasteiger partial charge is 0.0949 e. The second-order valence-electron chi connectivity index (χ2n) is 5.46. The third-order valence-electron chi connectivity index (χ3n) is 3.70. The minimum atomic E-state index is -0.756. The Kier molecular flexibility index (Phi) is 3.98. The monoisotopic (exact) mass is 294 g/mol. The molecular formula is C15H19ClN2O2. The number of aliphatic hydroxyl groups is 2. The van der Waals surface area contributed by atoms with Crippen LogP contribution in [-0.2, 0) is 13.1 Å². The second-order valence-corrected chi connectivity index (χ2v) is 5.90. The molecule has 1 aliphatic carbocycles. The molecule has 1 atom stereocenters. The van der Waals surface area contributed by atoms with Gasteiger partial charge < -0.3 is 20.1 Å². The Morgan fingerprint density at radius 1 is 1.40 bits per heavy atom. The van der Waals surface area contributed by atoms with Gasteiger partial charge in [0.05, 0.1) is 19.3 Å². The van der Waals surface area contributed by atoms with Crippen molar-refractivity contribution in [3.05, 3.63) is 35.0 Å². The van der Waals surface area contributed by atoms with Crippen LogP contribution in [0.1, 0.15) is 18.4 Å². The number of halogens is 1. The summed E-state index contributed by atoms with van der Waals surface area (Å²) >= 11 is 6.07. The summed E-state index contributed by atoms with van der Waals surface area (Å²) in [5, 5.41) is 24.0. The van der Waals surface area contributed by atoms with E-state index in [0.29, 0.717) is 17.6 Å². The summed E-state index contributed by atoms with van der Waals surface area (Å²) < 4.78 is 1.96. The SMILES string of the molecule is OCC(O)Cn1cc(CNC2CC2)c2ccc(Cl)cc21. The van der Waals surface area contributed by atoms with Crippen molar-refractivity contribution < 1.29 is 10.2 Å². The fourth-order valence-electron chi connectivity index (χ4n) is 2.46. The lowest BCUT2D eigenvalue weighted by Crippen LogP contribution is -2.19. The molecule has 1 fully saturated rings. The van der Waals surface area contributed by atoms with Crippen molar-refractivity contribution in [1.82, 2.24) is 9.88 Å². The Bertz CT molecular complexity index is 607. The molecule has 3 N–H and O–H groups in total. The molecule has 108 valence electrons. The number of nitrogens with zero attached hydrogens (tertiary/aromatic N) is 1. The van der Waals surface area contributed by atoms with Gasteiger partial charge in [-0.05, 0) is 30.5 Å². The Morgan fingerprint density at radius 2 is 2.20 bits per heavy atom. The summed E-state index contributed by atoms with van der Waals surface area (Å²) in [5.74, 6) is 0. The van der Waals surface area contributed by atoms with E-state index in [1.807, 2.05) is 29.0 Å². The maximum Gasteiger partial charge on any atom is 0.0949 e. The Hall–Kier alpha value is -1.07. The molecule has 0 bridgehead atoms. The topological polar surface area (TPSA) is 57.4 Å². The van der Waals surface area contributed by atoms with Crippen LogP contribution in [0.3, 0.4) is 0 Å². The number of rotatable bonds is 6. The van der Waals surface area contributed by atoms with E-state index >= 15 is 0 Å². The van der Waals surface area contributed by atoms with E-state index in [1.165, 1.54) is 18.4 Å². The Balaban J connectivity index is 1.92. The molecule has 5 heteroatoms. The van der Waals surface area contributed by atoms with Gasteiger partial charge in [0.1, 0.15) is 0 Å². The lowest BCUT2D eigenvalue weighted by molar-refractivity contribution is 0.0822. The van der Waals surface area contributed by atoms with Gasteiger partial charge >= 0.3 is 0 Å². The molecule has 1 aromatic carbocycles. The van der Waals surface area contributed by atoms with Crippen molar-refractivity contribution in [2.75, 3.05) is 6.61 Å². The third kappa shape index (κ3) is 2.99. The molecule has 1 aromatic heterocycles. The van der Waals surface area contributed by atoms with Crippen molar-refractivity contribution in [1.29, 1.82) is 0 Å². The predicted molar refractivity (Wildman–Crippen MR) is 79.9 cm³/mol. The largest absolute Gasteiger partial charge is 0.394 e. The van der Waals surface area contributed by atoms with E-state index in [-0.39, 0.29) is 6.61 Å². The average molecular weight is 295 g/mol. The van der Waals surface area contributed by atoms with Crippen LogP contribution in [0.25, 0.3) is 10.9 Å². The first-order valence-electron chi connectivity index (χ1n) is 6.97. The van der Waals surface area contributed by atoms with Crippen LogP contribution in [0, 0.1) is 0 Å². The molecule has 3 rings (SSSR count). The lowest BCUT2D eigenvalue weighted by atomic mass is 10.2. The van der Waals surface area contributed by atoms with Gasteiger partial charge in [-0.1, -0.05) is 17.7 Å². The van der Waals surface area contributed by atoms with Gasteiger partial charge in [0.2, 0.25) is 0 Å². The molecule has 4 nitrogen and oxygen atoms in total. The normalized spacial score (nSPS) is 16.8. The van der Waals surface area contributed by atoms with Crippen LogP contribution in [0.5, 0.6) is 0 Å². The van der Waals surface area contributed by atoms with Crippen molar-refractivity contribution in [3.63, 3.8) is 0 Å². The van der Waals surface area contributed by atoms with Crippen LogP contribution >= 0.6 is 11.6 Å². The molecule has 2 aromatic rings. The number of fused-ring (bicyclic) bond motifs is 1. The number of benzene rings is 1. The number of aliphatic hydroxyl groups excluding tert-OH is 2. The molecule has 0 saturated heterocycles. The molecule has 0 radical (unpaired) electrons. The van der Waals surface area contributed by atoms with E-state index in [9.17, 15) is 5.11 Å². The average Bonchev–Trinajstić information content (AvgIpc) is 3.21. The molecule has 1 unspecified atom stereocenters. The number of hydrogen-bond acceptors (Lipinski definition) is 3. The fourth-order valence-corrected chi connectivity index (χ4v) is 2.63. The number of aromatic nitrogens is 1. The second kappa shape index (κ2) is 5.74. The third-order valence-corrected chi connectivity index (χ3v) is 3.94. The van der Waals surface area contributed by atoms with Gasteiger partial charge in [0.25, 0.3) is 0 Å². The van der Waals surface area contributed by atoms with Gasteiger partial charge in [0.15, 0.2) is 0 Å². The molecule has 0 aliphatic heterocycles. The lowest BCUT2D eigenvalue weighted by Gasteiger charge is -2.09. The first kappa shape index (κ1) is 13.9. The van der Waals surface area contributed by atoms with Gasteiger partial charge in [0, 0.05) is 34.7 Å². The quantitative estimate of drug-likeness (QED) is 0.763. The van der Waals surface area contributed by atoms with Crippen LogP contribution in [0.4, 0.5) is 0 Å². The van der Waals surface area contributed by atoms with Gasteiger partial charge in [-0.15, -0.1) is 0 Å². The molecule has 1 aliphatic rings. The maximum absolute atomic E-state index is 9.66. The Labute approximate surface area is 123 Å². The zero-order chi connectivity index (χ0) is 14.1. The highest BCUT2D eigenvalue weighted by molar-refractivity contribution is 6.31. The molecule has 20 heavy (non-hydrogen) atoms. The highest BCUT2D eigenvalue weighted by atomic mass is 35.5. The van der Waals surface area contributed by atoms with E-state index < -0.39 is 6.10 Å². The molecular weight excluding hydrogens is 276 g/mol. The summed E-state index contributed by atoms with van der Waals surface area (Å²) in [5.41, 5.74) is 2.20. The van der Waals surface area contributed by atoms with E-state index in [4.69, 9.17) is 16.7 Å². The van der Waals surface area contributed by atoms with E-state index in [1.54, 1.807) is 0 Å². The highest BCUT2D eigenvalue weighted by Gasteiger charge is 2.21. The van der Waals surface area contributed by atoms with Gasteiger partial charge in [-0.3, -0.25) is 0 Å². The van der Waals surface area contributed by atoms with Crippen LogP contribution in [-0.4, -0.2) is 33.5 Å². The summed E-state index contributed by atoms with van der Waals surface area (Å²) in [6.45, 7) is 0.956. The van der Waals surface area contributed by atoms with E-state index in [2.05, 4.69) is 5.32 Å². The van der Waals surface area contributed by atoms with Crippen LogP contribution in [0.15, 0.2) is 24.4 Å². The number of nitrogens with one attached hydrogen (secondary N) is 1. The minimum absolute atomic E-state index is 0.240. The van der Waals surface area contributed by atoms with Crippen molar-refractivity contribution >= 4 is 22.5 Å². The first-order valence-corrected chi connectivity index (χ1v) is 7.34. The highest BCUT2D eigenvalue weighted by Crippen LogP contribution is 2.26. The first-order chi connectivity index (χ1) is 9.67. The predicted octanol–water partition coefficient (Wildman–Crippen LogP) is 1.90.